The van der Waals surface area contributed by atoms with E-state index in [-0.39, 0.29) is 6.04 Å². The van der Waals surface area contributed by atoms with Gasteiger partial charge in [-0.2, -0.15) is 0 Å². The van der Waals surface area contributed by atoms with E-state index < -0.39 is 0 Å². The minimum atomic E-state index is 0.276. The van der Waals surface area contributed by atoms with Crippen molar-refractivity contribution in [1.82, 2.24) is 5.01 Å². The Kier molecular flexibility index (Phi) is 5.76. The zero-order valence-electron chi connectivity index (χ0n) is 16.4. The molecule has 2 aliphatic heterocycles. The van der Waals surface area contributed by atoms with Gasteiger partial charge in [0.15, 0.2) is 0 Å². The molecular weight excluding hydrogens is 352 g/mol. The first-order chi connectivity index (χ1) is 13.1. The Labute approximate surface area is 167 Å². The number of hydrogen-bond donors (Lipinski definition) is 1. The van der Waals surface area contributed by atoms with Crippen molar-refractivity contribution in [3.8, 4) is 5.75 Å². The van der Waals surface area contributed by atoms with Crippen molar-refractivity contribution in [2.45, 2.75) is 55.7 Å². The Bertz CT molecular complexity index is 777. The van der Waals surface area contributed by atoms with Crippen LogP contribution in [0.3, 0.4) is 0 Å². The van der Waals surface area contributed by atoms with Gasteiger partial charge in [-0.3, -0.25) is 5.84 Å². The van der Waals surface area contributed by atoms with Gasteiger partial charge < -0.3 is 4.74 Å². The molecule has 4 heteroatoms. The predicted octanol–water partition coefficient (Wildman–Crippen LogP) is 4.99. The number of fused-ring (bicyclic) bond motifs is 1. The van der Waals surface area contributed by atoms with Gasteiger partial charge in [0, 0.05) is 23.1 Å². The van der Waals surface area contributed by atoms with E-state index in [2.05, 4.69) is 61.3 Å². The highest BCUT2D eigenvalue weighted by Gasteiger charge is 2.32. The van der Waals surface area contributed by atoms with Crippen LogP contribution in [0.2, 0.25) is 0 Å². The molecule has 2 aliphatic rings. The van der Waals surface area contributed by atoms with Gasteiger partial charge in [0.25, 0.3) is 0 Å². The third-order valence-electron chi connectivity index (χ3n) is 5.62. The molecule has 0 unspecified atom stereocenters. The molecule has 0 bridgehead atoms. The fourth-order valence-electron chi connectivity index (χ4n) is 4.56. The van der Waals surface area contributed by atoms with Crippen LogP contribution in [0.5, 0.6) is 5.75 Å². The molecule has 144 valence electrons. The number of benzene rings is 2. The molecule has 27 heavy (non-hydrogen) atoms. The third-order valence-corrected chi connectivity index (χ3v) is 6.60. The van der Waals surface area contributed by atoms with E-state index in [9.17, 15) is 0 Å². The Morgan fingerprint density at radius 3 is 2.81 bits per heavy atom. The lowest BCUT2D eigenvalue weighted by Crippen LogP contribution is -2.44. The van der Waals surface area contributed by atoms with Crippen LogP contribution >= 0.6 is 11.8 Å². The average molecular weight is 383 g/mol. The van der Waals surface area contributed by atoms with Crippen molar-refractivity contribution in [3.63, 3.8) is 0 Å². The molecule has 3 nitrogen and oxygen atoms in total. The van der Waals surface area contributed by atoms with Crippen molar-refractivity contribution in [2.24, 2.45) is 11.8 Å². The predicted molar refractivity (Wildman–Crippen MR) is 113 cm³/mol. The van der Waals surface area contributed by atoms with Gasteiger partial charge in [-0.1, -0.05) is 44.2 Å². The van der Waals surface area contributed by atoms with Crippen molar-refractivity contribution >= 4 is 11.8 Å². The molecule has 2 aromatic carbocycles. The standard InChI is InChI=1S/C23H30N2OS/c1-16(2)27-21-14-19-10-12-26-23(19)20(15-21)13-18-9-6-11-25(24)22(18)17-7-4-3-5-8-17/h3-5,7-8,14-16,18,22H,6,9-13,24H2,1-2H3/t18-,22+/m0/s1. The maximum absolute atomic E-state index is 6.46. The number of nitrogens with zero attached hydrogens (tertiary/aromatic N) is 1. The van der Waals surface area contributed by atoms with E-state index in [4.69, 9.17) is 10.6 Å². The lowest BCUT2D eigenvalue weighted by molar-refractivity contribution is 0.0922. The van der Waals surface area contributed by atoms with Crippen LogP contribution in [0.15, 0.2) is 47.4 Å². The van der Waals surface area contributed by atoms with E-state index in [1.54, 1.807) is 0 Å². The SMILES string of the molecule is CC(C)Sc1cc2c(c(C[C@@H]3CCCN(N)[C@@H]3c3ccccc3)c1)OCC2. The first-order valence-electron chi connectivity index (χ1n) is 10.1. The molecule has 4 rings (SSSR count). The molecule has 0 amide bonds. The number of thioether (sulfide) groups is 1. The zero-order chi connectivity index (χ0) is 18.8. The van der Waals surface area contributed by atoms with E-state index in [1.165, 1.54) is 28.0 Å². The Hall–Kier alpha value is -1.49. The highest BCUT2D eigenvalue weighted by atomic mass is 32.2. The maximum Gasteiger partial charge on any atom is 0.125 e. The highest BCUT2D eigenvalue weighted by molar-refractivity contribution is 7.99. The molecule has 0 saturated carbocycles. The highest BCUT2D eigenvalue weighted by Crippen LogP contribution is 2.41. The second-order valence-corrected chi connectivity index (χ2v) is 9.69. The molecule has 0 aromatic heterocycles. The van der Waals surface area contributed by atoms with Gasteiger partial charge in [0.05, 0.1) is 12.6 Å². The molecule has 0 aliphatic carbocycles. The summed E-state index contributed by atoms with van der Waals surface area (Å²) < 4.78 is 6.04. The number of rotatable bonds is 5. The number of hydrazine groups is 1. The Morgan fingerprint density at radius 2 is 2.04 bits per heavy atom. The van der Waals surface area contributed by atoms with Crippen LogP contribution in [0.1, 0.15) is 49.4 Å². The summed E-state index contributed by atoms with van der Waals surface area (Å²) in [5, 5.41) is 2.64. The lowest BCUT2D eigenvalue weighted by Gasteiger charge is -2.39. The molecule has 2 heterocycles. The van der Waals surface area contributed by atoms with Crippen molar-refractivity contribution in [3.05, 3.63) is 59.2 Å². The minimum Gasteiger partial charge on any atom is -0.493 e. The summed E-state index contributed by atoms with van der Waals surface area (Å²) in [6.07, 6.45) is 4.43. The second-order valence-electron chi connectivity index (χ2n) is 8.04. The largest absolute Gasteiger partial charge is 0.493 e. The first-order valence-corrected chi connectivity index (χ1v) is 11.0. The van der Waals surface area contributed by atoms with Crippen LogP contribution in [-0.4, -0.2) is 23.4 Å². The summed E-state index contributed by atoms with van der Waals surface area (Å²) in [5.41, 5.74) is 4.08. The molecule has 1 fully saturated rings. The summed E-state index contributed by atoms with van der Waals surface area (Å²) in [7, 11) is 0. The third kappa shape index (κ3) is 4.18. The normalized spacial score (nSPS) is 22.7. The van der Waals surface area contributed by atoms with E-state index >= 15 is 0 Å². The maximum atomic E-state index is 6.46. The van der Waals surface area contributed by atoms with Crippen LogP contribution in [0, 0.1) is 5.92 Å². The summed E-state index contributed by atoms with van der Waals surface area (Å²) in [5.74, 6) is 8.12. The number of ether oxygens (including phenoxy) is 1. The van der Waals surface area contributed by atoms with Crippen LogP contribution in [-0.2, 0) is 12.8 Å². The van der Waals surface area contributed by atoms with Crippen molar-refractivity contribution in [2.75, 3.05) is 13.2 Å². The van der Waals surface area contributed by atoms with Gasteiger partial charge in [0.2, 0.25) is 0 Å². The Morgan fingerprint density at radius 1 is 1.22 bits per heavy atom. The van der Waals surface area contributed by atoms with Gasteiger partial charge in [-0.25, -0.2) is 5.01 Å². The lowest BCUT2D eigenvalue weighted by atomic mass is 9.81. The zero-order valence-corrected chi connectivity index (χ0v) is 17.2. The van der Waals surface area contributed by atoms with Crippen molar-refractivity contribution < 1.29 is 4.74 Å². The van der Waals surface area contributed by atoms with Gasteiger partial charge in [-0.05, 0) is 54.0 Å². The van der Waals surface area contributed by atoms with Gasteiger partial charge in [-0.15, -0.1) is 11.8 Å². The van der Waals surface area contributed by atoms with Crippen LogP contribution in [0.25, 0.3) is 0 Å². The fraction of sp³-hybridized carbons (Fsp3) is 0.478. The molecule has 0 spiro atoms. The monoisotopic (exact) mass is 382 g/mol. The average Bonchev–Trinajstić information content (AvgIpc) is 3.11. The summed E-state index contributed by atoms with van der Waals surface area (Å²) >= 11 is 1.95. The molecule has 0 radical (unpaired) electrons. The number of piperidine rings is 1. The van der Waals surface area contributed by atoms with Crippen LogP contribution in [0.4, 0.5) is 0 Å². The fourth-order valence-corrected chi connectivity index (χ4v) is 5.53. The summed E-state index contributed by atoms with van der Waals surface area (Å²) in [6.45, 7) is 6.29. The van der Waals surface area contributed by atoms with Gasteiger partial charge >= 0.3 is 0 Å². The quantitative estimate of drug-likeness (QED) is 0.584. The summed E-state index contributed by atoms with van der Waals surface area (Å²) in [4.78, 5) is 1.38. The number of nitrogens with two attached hydrogens (primary N) is 1. The van der Waals surface area contributed by atoms with E-state index in [0.717, 1.165) is 38.2 Å². The molecular formula is C23H30N2OS. The van der Waals surface area contributed by atoms with Gasteiger partial charge in [0.1, 0.15) is 5.75 Å². The van der Waals surface area contributed by atoms with Crippen molar-refractivity contribution in [1.29, 1.82) is 0 Å². The molecule has 2 atom stereocenters. The minimum absolute atomic E-state index is 0.276. The van der Waals surface area contributed by atoms with Crippen LogP contribution < -0.4 is 10.6 Å². The van der Waals surface area contributed by atoms with E-state index in [1.807, 2.05) is 11.8 Å². The molecule has 2 aromatic rings. The molecule has 1 saturated heterocycles. The second kappa shape index (κ2) is 8.26. The van der Waals surface area contributed by atoms with E-state index in [0.29, 0.717) is 11.2 Å². The summed E-state index contributed by atoms with van der Waals surface area (Å²) in [6, 6.07) is 15.7. The first kappa shape index (κ1) is 18.9. The number of hydrogen-bond acceptors (Lipinski definition) is 4. The Balaban J connectivity index is 1.64. The topological polar surface area (TPSA) is 38.5 Å². The molecule has 2 N–H and O–H groups in total. The smallest absolute Gasteiger partial charge is 0.125 e.